The minimum Gasteiger partial charge on any atom is -0.313 e. The third-order valence-corrected chi connectivity index (χ3v) is 3.73. The quantitative estimate of drug-likeness (QED) is 0.662. The Kier molecular flexibility index (Phi) is 3.41. The van der Waals surface area contributed by atoms with Crippen LogP contribution in [0.4, 0.5) is 0 Å². The van der Waals surface area contributed by atoms with Crippen molar-refractivity contribution in [1.29, 1.82) is 0 Å². The summed E-state index contributed by atoms with van der Waals surface area (Å²) < 4.78 is 0. The zero-order valence-corrected chi connectivity index (χ0v) is 8.97. The zero-order chi connectivity index (χ0) is 9.80. The molecule has 1 heterocycles. The Morgan fingerprint density at radius 2 is 2.07 bits per heavy atom. The van der Waals surface area contributed by atoms with E-state index >= 15 is 0 Å². The lowest BCUT2D eigenvalue weighted by Gasteiger charge is -2.30. The van der Waals surface area contributed by atoms with E-state index in [2.05, 4.69) is 24.0 Å². The van der Waals surface area contributed by atoms with Gasteiger partial charge in [0.05, 0.1) is 0 Å². The van der Waals surface area contributed by atoms with Crippen molar-refractivity contribution in [3.05, 3.63) is 24.3 Å². The maximum Gasteiger partial charge on any atom is 0.0137 e. The molecule has 1 N–H and O–H groups in total. The average Bonchev–Trinajstić information content (AvgIpc) is 2.30. The second kappa shape index (κ2) is 4.79. The Bertz CT molecular complexity index is 221. The van der Waals surface area contributed by atoms with Gasteiger partial charge in [0.15, 0.2) is 0 Å². The summed E-state index contributed by atoms with van der Waals surface area (Å²) in [6.45, 7) is 6.18. The molecule has 0 saturated heterocycles. The molecule has 2 rings (SSSR count). The maximum atomic E-state index is 3.90. The van der Waals surface area contributed by atoms with Gasteiger partial charge in [-0.2, -0.15) is 0 Å². The van der Waals surface area contributed by atoms with Crippen LogP contribution in [0.2, 0.25) is 0 Å². The third kappa shape index (κ3) is 2.27. The molecule has 0 amide bonds. The molecule has 1 fully saturated rings. The molecule has 0 radical (unpaired) electrons. The highest BCUT2D eigenvalue weighted by Crippen LogP contribution is 2.35. The number of allylic oxidation sites excluding steroid dienone is 1. The molecule has 1 saturated carbocycles. The molecule has 1 heteroatoms. The van der Waals surface area contributed by atoms with Crippen molar-refractivity contribution in [2.45, 2.75) is 32.1 Å². The maximum absolute atomic E-state index is 3.90. The van der Waals surface area contributed by atoms with Gasteiger partial charge in [0, 0.05) is 6.54 Å². The lowest BCUT2D eigenvalue weighted by atomic mass is 9.77. The Labute approximate surface area is 87.3 Å². The summed E-state index contributed by atoms with van der Waals surface area (Å²) in [5, 5.41) is 3.38. The minimum atomic E-state index is 0.800. The minimum absolute atomic E-state index is 0.800. The van der Waals surface area contributed by atoms with Gasteiger partial charge in [-0.15, -0.1) is 6.58 Å². The van der Waals surface area contributed by atoms with Crippen molar-refractivity contribution in [2.24, 2.45) is 11.8 Å². The molecule has 1 aliphatic heterocycles. The van der Waals surface area contributed by atoms with Crippen molar-refractivity contribution in [1.82, 2.24) is 5.32 Å². The fourth-order valence-electron chi connectivity index (χ4n) is 2.74. The molecule has 0 unspecified atom stereocenters. The fraction of sp³-hybridized carbons (Fsp3) is 0.692. The summed E-state index contributed by atoms with van der Waals surface area (Å²) in [5.41, 5.74) is 1.73. The first kappa shape index (κ1) is 9.97. The van der Waals surface area contributed by atoms with E-state index in [9.17, 15) is 0 Å². The first-order valence-corrected chi connectivity index (χ1v) is 5.92. The van der Waals surface area contributed by atoms with Crippen LogP contribution < -0.4 is 5.32 Å². The van der Waals surface area contributed by atoms with Crippen LogP contribution in [0.1, 0.15) is 32.1 Å². The van der Waals surface area contributed by atoms with Crippen LogP contribution in [0.15, 0.2) is 24.3 Å². The molecule has 0 aromatic carbocycles. The molecule has 1 aliphatic carbocycles. The summed E-state index contributed by atoms with van der Waals surface area (Å²) in [5.74, 6) is 1.70. The van der Waals surface area contributed by atoms with Crippen LogP contribution in [0.25, 0.3) is 0 Å². The van der Waals surface area contributed by atoms with Gasteiger partial charge in [-0.1, -0.05) is 17.7 Å². The Balaban J connectivity index is 1.88. The van der Waals surface area contributed by atoms with E-state index in [1.165, 1.54) is 38.6 Å². The van der Waals surface area contributed by atoms with Gasteiger partial charge >= 0.3 is 0 Å². The van der Waals surface area contributed by atoms with E-state index in [4.69, 9.17) is 0 Å². The van der Waals surface area contributed by atoms with Gasteiger partial charge in [0.1, 0.15) is 0 Å². The Morgan fingerprint density at radius 3 is 2.64 bits per heavy atom. The van der Waals surface area contributed by atoms with Crippen molar-refractivity contribution >= 4 is 0 Å². The summed E-state index contributed by atoms with van der Waals surface area (Å²) in [6, 6.07) is 0. The molecule has 1 nitrogen and oxygen atoms in total. The summed E-state index contributed by atoms with van der Waals surface area (Å²) in [4.78, 5) is 0. The van der Waals surface area contributed by atoms with Gasteiger partial charge in [-0.05, 0) is 50.5 Å². The fourth-order valence-corrected chi connectivity index (χ4v) is 2.74. The van der Waals surface area contributed by atoms with E-state index in [1.54, 1.807) is 5.57 Å². The molecular formula is C13H21N. The Morgan fingerprint density at radius 1 is 1.29 bits per heavy atom. The highest BCUT2D eigenvalue weighted by molar-refractivity contribution is 5.12. The van der Waals surface area contributed by atoms with E-state index in [0.29, 0.717) is 0 Å². The topological polar surface area (TPSA) is 12.0 Å². The Hall–Kier alpha value is -0.560. The van der Waals surface area contributed by atoms with Crippen LogP contribution in [0.3, 0.4) is 0 Å². The SMILES string of the molecule is C=CC1CCC(C2=CCNCC2)CC1. The van der Waals surface area contributed by atoms with Crippen molar-refractivity contribution < 1.29 is 0 Å². The highest BCUT2D eigenvalue weighted by atomic mass is 14.8. The lowest BCUT2D eigenvalue weighted by Crippen LogP contribution is -2.25. The number of hydrogen-bond acceptors (Lipinski definition) is 1. The standard InChI is InChI=1S/C13H21N/c1-2-11-3-5-12(6-4-11)13-7-9-14-10-8-13/h2,7,11-12,14H,1,3-6,8-10H2. The normalized spacial score (nSPS) is 33.6. The van der Waals surface area contributed by atoms with Crippen molar-refractivity contribution in [2.75, 3.05) is 13.1 Å². The first-order valence-electron chi connectivity index (χ1n) is 5.92. The predicted molar refractivity (Wildman–Crippen MR) is 61.2 cm³/mol. The van der Waals surface area contributed by atoms with E-state index in [0.717, 1.165) is 18.4 Å². The second-order valence-corrected chi connectivity index (χ2v) is 4.58. The first-order chi connectivity index (χ1) is 6.90. The molecule has 0 bridgehead atoms. The lowest BCUT2D eigenvalue weighted by molar-refractivity contribution is 0.336. The van der Waals surface area contributed by atoms with Gasteiger partial charge in [0.25, 0.3) is 0 Å². The monoisotopic (exact) mass is 191 g/mol. The van der Waals surface area contributed by atoms with E-state index < -0.39 is 0 Å². The van der Waals surface area contributed by atoms with E-state index in [-0.39, 0.29) is 0 Å². The van der Waals surface area contributed by atoms with E-state index in [1.807, 2.05) is 0 Å². The smallest absolute Gasteiger partial charge is 0.0137 e. The zero-order valence-electron chi connectivity index (χ0n) is 8.97. The number of rotatable bonds is 2. The van der Waals surface area contributed by atoms with Gasteiger partial charge in [-0.3, -0.25) is 0 Å². The van der Waals surface area contributed by atoms with Gasteiger partial charge < -0.3 is 5.32 Å². The number of nitrogens with one attached hydrogen (secondary N) is 1. The molecule has 78 valence electrons. The van der Waals surface area contributed by atoms with Gasteiger partial charge in [0.2, 0.25) is 0 Å². The molecular weight excluding hydrogens is 170 g/mol. The molecule has 0 aromatic heterocycles. The molecule has 0 atom stereocenters. The highest BCUT2D eigenvalue weighted by Gasteiger charge is 2.22. The molecule has 14 heavy (non-hydrogen) atoms. The van der Waals surface area contributed by atoms with Crippen LogP contribution in [-0.4, -0.2) is 13.1 Å². The molecule has 0 spiro atoms. The summed E-state index contributed by atoms with van der Waals surface area (Å²) >= 11 is 0. The van der Waals surface area contributed by atoms with Crippen molar-refractivity contribution in [3.8, 4) is 0 Å². The van der Waals surface area contributed by atoms with Gasteiger partial charge in [-0.25, -0.2) is 0 Å². The average molecular weight is 191 g/mol. The van der Waals surface area contributed by atoms with Crippen LogP contribution in [0.5, 0.6) is 0 Å². The van der Waals surface area contributed by atoms with Crippen LogP contribution in [0, 0.1) is 11.8 Å². The molecule has 2 aliphatic rings. The second-order valence-electron chi connectivity index (χ2n) is 4.58. The number of hydrogen-bond donors (Lipinski definition) is 1. The summed E-state index contributed by atoms with van der Waals surface area (Å²) in [6.07, 6.45) is 11.3. The van der Waals surface area contributed by atoms with Crippen molar-refractivity contribution in [3.63, 3.8) is 0 Å². The van der Waals surface area contributed by atoms with Crippen LogP contribution in [-0.2, 0) is 0 Å². The summed E-state index contributed by atoms with van der Waals surface area (Å²) in [7, 11) is 0. The largest absolute Gasteiger partial charge is 0.313 e. The molecule has 0 aromatic rings. The predicted octanol–water partition coefficient (Wildman–Crippen LogP) is 2.90. The van der Waals surface area contributed by atoms with Crippen LogP contribution >= 0.6 is 0 Å². The third-order valence-electron chi connectivity index (χ3n) is 3.73.